The van der Waals surface area contributed by atoms with Gasteiger partial charge in [0.2, 0.25) is 0 Å². The number of hydrogen-bond acceptors (Lipinski definition) is 3. The number of pyridine rings is 1. The highest BCUT2D eigenvalue weighted by Crippen LogP contribution is 2.25. The van der Waals surface area contributed by atoms with Crippen LogP contribution in [0.5, 0.6) is 5.75 Å². The topological polar surface area (TPSA) is 68.5 Å². The van der Waals surface area contributed by atoms with Crippen LogP contribution in [0.15, 0.2) is 23.0 Å². The number of carbonyl (C=O) groups is 1. The van der Waals surface area contributed by atoms with Gasteiger partial charge in [-0.1, -0.05) is 6.92 Å². The van der Waals surface area contributed by atoms with E-state index in [1.54, 1.807) is 32.4 Å². The molecule has 0 spiro atoms. The molecule has 0 aliphatic rings. The number of benzene rings is 1. The number of ether oxygens (including phenoxy) is 1. The van der Waals surface area contributed by atoms with Crippen molar-refractivity contribution in [2.24, 2.45) is 7.05 Å². The molecule has 1 aromatic heterocycles. The molecule has 2 aromatic rings. The largest absolute Gasteiger partial charge is 0.497 e. The highest BCUT2D eigenvalue weighted by Gasteiger charge is 2.19. The van der Waals surface area contributed by atoms with E-state index in [0.29, 0.717) is 23.3 Å². The molecule has 2 rings (SSSR count). The summed E-state index contributed by atoms with van der Waals surface area (Å²) < 4.78 is 6.52. The molecule has 5 heteroatoms. The van der Waals surface area contributed by atoms with E-state index in [0.717, 1.165) is 5.39 Å². The molecular weight excluding hydrogens is 246 g/mol. The highest BCUT2D eigenvalue weighted by atomic mass is 16.5. The number of fused-ring (bicyclic) bond motifs is 1. The molecule has 0 atom stereocenters. The van der Waals surface area contributed by atoms with Crippen LogP contribution >= 0.6 is 0 Å². The SMILES string of the molecule is CCc1c(C(=O)O)c(=O)n(C)c2ccc(OC)cc12. The average Bonchev–Trinajstić information content (AvgIpc) is 2.41. The molecule has 100 valence electrons. The van der Waals surface area contributed by atoms with Gasteiger partial charge in [0, 0.05) is 12.4 Å². The maximum atomic E-state index is 12.1. The minimum atomic E-state index is -1.19. The Morgan fingerprint density at radius 1 is 1.42 bits per heavy atom. The first-order valence-corrected chi connectivity index (χ1v) is 5.94. The maximum Gasteiger partial charge on any atom is 0.341 e. The summed E-state index contributed by atoms with van der Waals surface area (Å²) in [5, 5.41) is 9.98. The Bertz CT molecular complexity index is 715. The quantitative estimate of drug-likeness (QED) is 0.914. The Morgan fingerprint density at radius 3 is 2.63 bits per heavy atom. The number of carboxylic acids is 1. The monoisotopic (exact) mass is 261 g/mol. The lowest BCUT2D eigenvalue weighted by Crippen LogP contribution is -2.26. The van der Waals surface area contributed by atoms with E-state index in [4.69, 9.17) is 4.74 Å². The van der Waals surface area contributed by atoms with Crippen molar-refractivity contribution < 1.29 is 14.6 Å². The smallest absolute Gasteiger partial charge is 0.341 e. The van der Waals surface area contributed by atoms with Gasteiger partial charge in [0.05, 0.1) is 12.6 Å². The van der Waals surface area contributed by atoms with Gasteiger partial charge < -0.3 is 14.4 Å². The molecule has 0 radical (unpaired) electrons. The zero-order chi connectivity index (χ0) is 14.2. The Morgan fingerprint density at radius 2 is 2.11 bits per heavy atom. The summed E-state index contributed by atoms with van der Waals surface area (Å²) in [4.78, 5) is 23.4. The number of aromatic nitrogens is 1. The lowest BCUT2D eigenvalue weighted by molar-refractivity contribution is 0.0693. The molecule has 0 bridgehead atoms. The predicted molar refractivity (Wildman–Crippen MR) is 72.1 cm³/mol. The first kappa shape index (κ1) is 13.1. The number of methoxy groups -OCH3 is 1. The van der Waals surface area contributed by atoms with Crippen LogP contribution in [0.1, 0.15) is 22.8 Å². The molecule has 1 N–H and O–H groups in total. The third-order valence-electron chi connectivity index (χ3n) is 3.28. The molecule has 0 aliphatic heterocycles. The zero-order valence-electron chi connectivity index (χ0n) is 11.1. The van der Waals surface area contributed by atoms with Crippen molar-refractivity contribution in [1.29, 1.82) is 0 Å². The second-order valence-corrected chi connectivity index (χ2v) is 4.26. The number of hydrogen-bond donors (Lipinski definition) is 1. The van der Waals surface area contributed by atoms with Crippen molar-refractivity contribution in [2.45, 2.75) is 13.3 Å². The zero-order valence-corrected chi connectivity index (χ0v) is 11.1. The summed E-state index contributed by atoms with van der Waals surface area (Å²) in [7, 11) is 3.12. The highest BCUT2D eigenvalue weighted by molar-refractivity contribution is 5.96. The van der Waals surface area contributed by atoms with E-state index in [-0.39, 0.29) is 5.56 Å². The van der Waals surface area contributed by atoms with Gasteiger partial charge in [-0.05, 0) is 30.2 Å². The number of carboxylic acid groups (broad SMARTS) is 1. The second-order valence-electron chi connectivity index (χ2n) is 4.26. The Kier molecular flexibility index (Phi) is 3.29. The van der Waals surface area contributed by atoms with Crippen molar-refractivity contribution >= 4 is 16.9 Å². The molecule has 0 saturated heterocycles. The first-order chi connectivity index (χ1) is 9.01. The Balaban J connectivity index is 3.01. The average molecular weight is 261 g/mol. The van der Waals surface area contributed by atoms with Gasteiger partial charge in [0.15, 0.2) is 0 Å². The van der Waals surface area contributed by atoms with Gasteiger partial charge in [-0.2, -0.15) is 0 Å². The van der Waals surface area contributed by atoms with Crippen LogP contribution in [0.4, 0.5) is 0 Å². The van der Waals surface area contributed by atoms with E-state index in [2.05, 4.69) is 0 Å². The van der Waals surface area contributed by atoms with Crippen LogP contribution in [-0.4, -0.2) is 22.8 Å². The fourth-order valence-electron chi connectivity index (χ4n) is 2.30. The summed E-state index contributed by atoms with van der Waals surface area (Å²) in [6, 6.07) is 5.28. The summed E-state index contributed by atoms with van der Waals surface area (Å²) >= 11 is 0. The Hall–Kier alpha value is -2.30. The number of nitrogens with zero attached hydrogens (tertiary/aromatic N) is 1. The maximum absolute atomic E-state index is 12.1. The van der Waals surface area contributed by atoms with E-state index in [1.165, 1.54) is 4.57 Å². The summed E-state index contributed by atoms with van der Waals surface area (Å²) in [5.41, 5.74) is 0.602. The molecule has 1 aromatic carbocycles. The molecular formula is C14H15NO4. The van der Waals surface area contributed by atoms with Gasteiger partial charge in [-0.15, -0.1) is 0 Å². The standard InChI is InChI=1S/C14H15NO4/c1-4-9-10-7-8(19-3)5-6-11(10)15(2)13(16)12(9)14(17)18/h5-7H,4H2,1-3H3,(H,17,18). The lowest BCUT2D eigenvalue weighted by Gasteiger charge is -2.13. The molecule has 0 aliphatic carbocycles. The van der Waals surface area contributed by atoms with Crippen LogP contribution in [0, 0.1) is 0 Å². The summed E-state index contributed by atoms with van der Waals surface area (Å²) in [6.45, 7) is 1.83. The second kappa shape index (κ2) is 4.76. The van der Waals surface area contributed by atoms with Gasteiger partial charge in [0.25, 0.3) is 5.56 Å². The number of rotatable bonds is 3. The normalized spacial score (nSPS) is 10.7. The van der Waals surface area contributed by atoms with Crippen LogP contribution in [0.3, 0.4) is 0 Å². The number of aryl methyl sites for hydroxylation is 2. The van der Waals surface area contributed by atoms with Crippen molar-refractivity contribution in [3.8, 4) is 5.75 Å². The molecule has 1 heterocycles. The van der Waals surface area contributed by atoms with Gasteiger partial charge in [-0.3, -0.25) is 4.79 Å². The fourth-order valence-corrected chi connectivity index (χ4v) is 2.30. The van der Waals surface area contributed by atoms with Crippen molar-refractivity contribution in [3.05, 3.63) is 39.7 Å². The van der Waals surface area contributed by atoms with E-state index < -0.39 is 11.5 Å². The van der Waals surface area contributed by atoms with Crippen molar-refractivity contribution in [3.63, 3.8) is 0 Å². The van der Waals surface area contributed by atoms with E-state index in [9.17, 15) is 14.7 Å². The molecule has 0 fully saturated rings. The fraction of sp³-hybridized carbons (Fsp3) is 0.286. The first-order valence-electron chi connectivity index (χ1n) is 5.94. The minimum absolute atomic E-state index is 0.161. The molecule has 0 unspecified atom stereocenters. The van der Waals surface area contributed by atoms with Gasteiger partial charge in [0.1, 0.15) is 11.3 Å². The minimum Gasteiger partial charge on any atom is -0.497 e. The predicted octanol–water partition coefficient (Wildman–Crippen LogP) is 1.81. The molecule has 0 amide bonds. The summed E-state index contributed by atoms with van der Waals surface area (Å²) in [5.74, 6) is -0.556. The molecule has 5 nitrogen and oxygen atoms in total. The third-order valence-corrected chi connectivity index (χ3v) is 3.28. The van der Waals surface area contributed by atoms with Gasteiger partial charge in [-0.25, -0.2) is 4.79 Å². The van der Waals surface area contributed by atoms with Crippen molar-refractivity contribution in [2.75, 3.05) is 7.11 Å². The molecule has 0 saturated carbocycles. The van der Waals surface area contributed by atoms with E-state index >= 15 is 0 Å². The van der Waals surface area contributed by atoms with Crippen LogP contribution in [0.2, 0.25) is 0 Å². The van der Waals surface area contributed by atoms with Crippen LogP contribution < -0.4 is 10.3 Å². The molecule has 19 heavy (non-hydrogen) atoms. The third kappa shape index (κ3) is 1.97. The number of aromatic carboxylic acids is 1. The Labute approximate surface area is 110 Å². The summed E-state index contributed by atoms with van der Waals surface area (Å²) in [6.07, 6.45) is 0.474. The van der Waals surface area contributed by atoms with E-state index in [1.807, 2.05) is 6.92 Å². The van der Waals surface area contributed by atoms with Crippen molar-refractivity contribution in [1.82, 2.24) is 4.57 Å². The van der Waals surface area contributed by atoms with Crippen LogP contribution in [-0.2, 0) is 13.5 Å². The van der Waals surface area contributed by atoms with Gasteiger partial charge >= 0.3 is 5.97 Å². The lowest BCUT2D eigenvalue weighted by atomic mass is 10.0. The van der Waals surface area contributed by atoms with Crippen LogP contribution in [0.25, 0.3) is 10.9 Å².